The molecule has 1 heterocycles. The Morgan fingerprint density at radius 1 is 1.26 bits per heavy atom. The van der Waals surface area contributed by atoms with Crippen LogP contribution in [0.15, 0.2) is 47.6 Å². The van der Waals surface area contributed by atoms with Gasteiger partial charge in [0.25, 0.3) is 10.0 Å². The SMILES string of the molecule is Cc1cc(S(=O)(=O)N(C)c2cccnc2)ccc1N. The van der Waals surface area contributed by atoms with Gasteiger partial charge in [0, 0.05) is 18.9 Å². The zero-order valence-corrected chi connectivity index (χ0v) is 11.6. The van der Waals surface area contributed by atoms with Crippen LogP contribution in [0.3, 0.4) is 0 Å². The van der Waals surface area contributed by atoms with E-state index in [0.29, 0.717) is 11.4 Å². The highest BCUT2D eigenvalue weighted by Gasteiger charge is 2.21. The van der Waals surface area contributed by atoms with E-state index in [0.717, 1.165) is 5.56 Å². The van der Waals surface area contributed by atoms with Crippen LogP contribution in [0.4, 0.5) is 11.4 Å². The first kappa shape index (κ1) is 13.4. The number of pyridine rings is 1. The average molecular weight is 277 g/mol. The van der Waals surface area contributed by atoms with Crippen molar-refractivity contribution >= 4 is 21.4 Å². The minimum atomic E-state index is -3.59. The first-order chi connectivity index (χ1) is 8.93. The Morgan fingerprint density at radius 3 is 2.58 bits per heavy atom. The van der Waals surface area contributed by atoms with Gasteiger partial charge in [0.1, 0.15) is 0 Å². The third kappa shape index (κ3) is 2.53. The quantitative estimate of drug-likeness (QED) is 0.868. The average Bonchev–Trinajstić information content (AvgIpc) is 2.41. The summed E-state index contributed by atoms with van der Waals surface area (Å²) in [6.07, 6.45) is 3.10. The van der Waals surface area contributed by atoms with E-state index >= 15 is 0 Å². The maximum absolute atomic E-state index is 12.5. The molecule has 0 atom stereocenters. The van der Waals surface area contributed by atoms with Crippen molar-refractivity contribution in [3.63, 3.8) is 0 Å². The van der Waals surface area contributed by atoms with Gasteiger partial charge in [0.15, 0.2) is 0 Å². The minimum absolute atomic E-state index is 0.213. The first-order valence-corrected chi connectivity index (χ1v) is 7.12. The highest BCUT2D eigenvalue weighted by Crippen LogP contribution is 2.23. The van der Waals surface area contributed by atoms with Crippen LogP contribution in [0.5, 0.6) is 0 Å². The second-order valence-electron chi connectivity index (χ2n) is 4.20. The summed E-state index contributed by atoms with van der Waals surface area (Å²) in [7, 11) is -2.10. The largest absolute Gasteiger partial charge is 0.399 e. The van der Waals surface area contributed by atoms with Gasteiger partial charge >= 0.3 is 0 Å². The Kier molecular flexibility index (Phi) is 3.44. The Balaban J connectivity index is 2.45. The van der Waals surface area contributed by atoms with E-state index in [4.69, 9.17) is 5.73 Å². The van der Waals surface area contributed by atoms with Crippen molar-refractivity contribution in [2.45, 2.75) is 11.8 Å². The number of nitrogens with two attached hydrogens (primary N) is 1. The minimum Gasteiger partial charge on any atom is -0.399 e. The Labute approximate surface area is 112 Å². The lowest BCUT2D eigenvalue weighted by Crippen LogP contribution is -2.26. The predicted molar refractivity (Wildman–Crippen MR) is 75.4 cm³/mol. The number of nitrogen functional groups attached to an aromatic ring is 1. The van der Waals surface area contributed by atoms with E-state index in [-0.39, 0.29) is 4.90 Å². The lowest BCUT2D eigenvalue weighted by atomic mass is 10.2. The van der Waals surface area contributed by atoms with Gasteiger partial charge in [-0.1, -0.05) is 0 Å². The lowest BCUT2D eigenvalue weighted by Gasteiger charge is -2.19. The predicted octanol–water partition coefficient (Wildman–Crippen LogP) is 1.80. The van der Waals surface area contributed by atoms with Crippen LogP contribution in [-0.4, -0.2) is 20.4 Å². The molecule has 0 aliphatic rings. The lowest BCUT2D eigenvalue weighted by molar-refractivity contribution is 0.594. The van der Waals surface area contributed by atoms with Crippen molar-refractivity contribution in [1.82, 2.24) is 4.98 Å². The van der Waals surface area contributed by atoms with Crippen LogP contribution < -0.4 is 10.0 Å². The summed E-state index contributed by atoms with van der Waals surface area (Å²) in [5, 5.41) is 0. The molecule has 6 heteroatoms. The van der Waals surface area contributed by atoms with Crippen molar-refractivity contribution in [3.8, 4) is 0 Å². The van der Waals surface area contributed by atoms with Crippen LogP contribution in [0.1, 0.15) is 5.56 Å². The summed E-state index contributed by atoms with van der Waals surface area (Å²) in [5.41, 5.74) is 7.52. The molecule has 1 aromatic heterocycles. The fourth-order valence-corrected chi connectivity index (χ4v) is 2.91. The molecule has 0 spiro atoms. The monoisotopic (exact) mass is 277 g/mol. The van der Waals surface area contributed by atoms with Crippen LogP contribution in [0.2, 0.25) is 0 Å². The van der Waals surface area contributed by atoms with Gasteiger partial charge in [-0.25, -0.2) is 8.42 Å². The van der Waals surface area contributed by atoms with E-state index < -0.39 is 10.0 Å². The molecule has 2 aromatic rings. The number of benzene rings is 1. The van der Waals surface area contributed by atoms with E-state index in [1.54, 1.807) is 37.4 Å². The first-order valence-electron chi connectivity index (χ1n) is 5.68. The number of nitrogens with zero attached hydrogens (tertiary/aromatic N) is 2. The number of hydrogen-bond donors (Lipinski definition) is 1. The second-order valence-corrected chi connectivity index (χ2v) is 6.17. The van der Waals surface area contributed by atoms with E-state index in [2.05, 4.69) is 4.98 Å². The molecule has 0 unspecified atom stereocenters. The molecule has 100 valence electrons. The molecule has 2 N–H and O–H groups in total. The summed E-state index contributed by atoms with van der Waals surface area (Å²) in [6, 6.07) is 8.05. The van der Waals surface area contributed by atoms with Gasteiger partial charge in [-0.05, 0) is 42.8 Å². The molecule has 19 heavy (non-hydrogen) atoms. The van der Waals surface area contributed by atoms with E-state index in [1.165, 1.54) is 23.6 Å². The van der Waals surface area contributed by atoms with E-state index in [1.807, 2.05) is 0 Å². The summed E-state index contributed by atoms with van der Waals surface area (Å²) in [4.78, 5) is 4.13. The third-order valence-electron chi connectivity index (χ3n) is 2.91. The van der Waals surface area contributed by atoms with Gasteiger partial charge in [-0.15, -0.1) is 0 Å². The van der Waals surface area contributed by atoms with Crippen LogP contribution in [-0.2, 0) is 10.0 Å². The molecular weight excluding hydrogens is 262 g/mol. The Hall–Kier alpha value is -2.08. The highest BCUT2D eigenvalue weighted by molar-refractivity contribution is 7.92. The van der Waals surface area contributed by atoms with Gasteiger partial charge in [-0.2, -0.15) is 0 Å². The van der Waals surface area contributed by atoms with Gasteiger partial charge in [0.2, 0.25) is 0 Å². The zero-order valence-electron chi connectivity index (χ0n) is 10.7. The Morgan fingerprint density at radius 2 is 2.00 bits per heavy atom. The molecule has 0 saturated carbocycles. The maximum Gasteiger partial charge on any atom is 0.264 e. The number of anilines is 2. The molecule has 0 aliphatic heterocycles. The number of sulfonamides is 1. The summed E-state index contributed by atoms with van der Waals surface area (Å²) in [5.74, 6) is 0. The molecule has 0 saturated heterocycles. The number of aryl methyl sites for hydroxylation is 1. The molecular formula is C13H15N3O2S. The van der Waals surface area contributed by atoms with Crippen molar-refractivity contribution in [1.29, 1.82) is 0 Å². The number of hydrogen-bond acceptors (Lipinski definition) is 4. The zero-order chi connectivity index (χ0) is 14.0. The summed E-state index contributed by atoms with van der Waals surface area (Å²) >= 11 is 0. The van der Waals surface area contributed by atoms with Crippen molar-refractivity contribution in [3.05, 3.63) is 48.3 Å². The van der Waals surface area contributed by atoms with Gasteiger partial charge in [-0.3, -0.25) is 9.29 Å². The molecule has 0 bridgehead atoms. The van der Waals surface area contributed by atoms with E-state index in [9.17, 15) is 8.42 Å². The number of aromatic nitrogens is 1. The molecule has 2 rings (SSSR count). The molecule has 0 amide bonds. The normalized spacial score (nSPS) is 11.3. The van der Waals surface area contributed by atoms with Crippen LogP contribution in [0, 0.1) is 6.92 Å². The highest BCUT2D eigenvalue weighted by atomic mass is 32.2. The Bertz CT molecular complexity index is 684. The fourth-order valence-electron chi connectivity index (χ4n) is 1.65. The molecule has 0 aliphatic carbocycles. The standard InChI is InChI=1S/C13H15N3O2S/c1-10-8-12(5-6-13(10)14)19(17,18)16(2)11-4-3-7-15-9-11/h3-9H,14H2,1-2H3. The third-order valence-corrected chi connectivity index (χ3v) is 4.69. The molecule has 5 nitrogen and oxygen atoms in total. The van der Waals surface area contributed by atoms with Gasteiger partial charge < -0.3 is 5.73 Å². The smallest absolute Gasteiger partial charge is 0.264 e. The topological polar surface area (TPSA) is 76.3 Å². The summed E-state index contributed by atoms with van der Waals surface area (Å²) < 4.78 is 26.1. The summed E-state index contributed by atoms with van der Waals surface area (Å²) in [6.45, 7) is 1.78. The van der Waals surface area contributed by atoms with Crippen molar-refractivity contribution < 1.29 is 8.42 Å². The van der Waals surface area contributed by atoms with Crippen molar-refractivity contribution in [2.24, 2.45) is 0 Å². The van der Waals surface area contributed by atoms with Crippen molar-refractivity contribution in [2.75, 3.05) is 17.1 Å². The number of rotatable bonds is 3. The second kappa shape index (κ2) is 4.89. The fraction of sp³-hybridized carbons (Fsp3) is 0.154. The molecule has 0 fully saturated rings. The van der Waals surface area contributed by atoms with Crippen LogP contribution in [0.25, 0.3) is 0 Å². The maximum atomic E-state index is 12.5. The van der Waals surface area contributed by atoms with Crippen LogP contribution >= 0.6 is 0 Å². The molecule has 1 aromatic carbocycles. The molecule has 0 radical (unpaired) electrons. The van der Waals surface area contributed by atoms with Gasteiger partial charge in [0.05, 0.1) is 16.8 Å².